The smallest absolute Gasteiger partial charge is 0.278 e. The van der Waals surface area contributed by atoms with Gasteiger partial charge in [0.1, 0.15) is 10.4 Å². The Bertz CT molecular complexity index is 1440. The van der Waals surface area contributed by atoms with E-state index < -0.39 is 0 Å². The highest BCUT2D eigenvalue weighted by Crippen LogP contribution is 2.30. The predicted molar refractivity (Wildman–Crippen MR) is 132 cm³/mol. The van der Waals surface area contributed by atoms with Crippen molar-refractivity contribution >= 4 is 45.7 Å². The molecule has 162 valence electrons. The molecule has 0 unspecified atom stereocenters. The van der Waals surface area contributed by atoms with E-state index in [0.717, 1.165) is 22.6 Å². The number of benzene rings is 2. The van der Waals surface area contributed by atoms with Crippen molar-refractivity contribution in [3.05, 3.63) is 67.9 Å². The van der Waals surface area contributed by atoms with Crippen LogP contribution in [0.15, 0.2) is 52.4 Å². The van der Waals surface area contributed by atoms with E-state index in [9.17, 15) is 4.79 Å². The van der Waals surface area contributed by atoms with E-state index in [1.54, 1.807) is 4.57 Å². The minimum Gasteiger partial charge on any atom is -0.494 e. The number of aryl methyl sites for hydroxylation is 2. The maximum absolute atomic E-state index is 13.6. The Balaban J connectivity index is 2.01. The van der Waals surface area contributed by atoms with Crippen molar-refractivity contribution in [1.29, 1.82) is 5.26 Å². The Morgan fingerprint density at radius 1 is 1.16 bits per heavy atom. The fraction of sp³-hybridized carbons (Fsp3) is 0.217. The van der Waals surface area contributed by atoms with Gasteiger partial charge in [-0.3, -0.25) is 13.9 Å². The molecule has 32 heavy (non-hydrogen) atoms. The maximum Gasteiger partial charge on any atom is 0.278 e. The van der Waals surface area contributed by atoms with E-state index in [-0.39, 0.29) is 11.3 Å². The standard InChI is InChI=1S/C23H20N4O2S3/c1-4-29-17-10-8-16(9-11-17)26-21(28)19-20(25-22(26)31-13-12-24)27(23(30)32-19)18-14(2)6-5-7-15(18)3/h5-11H,4,13H2,1-3H3. The molecule has 0 spiro atoms. The van der Waals surface area contributed by atoms with Crippen LogP contribution in [0, 0.1) is 29.1 Å². The van der Waals surface area contributed by atoms with Crippen molar-refractivity contribution in [3.63, 3.8) is 0 Å². The lowest BCUT2D eigenvalue weighted by Gasteiger charge is -2.14. The van der Waals surface area contributed by atoms with Gasteiger partial charge in [-0.2, -0.15) is 5.26 Å². The largest absolute Gasteiger partial charge is 0.494 e. The predicted octanol–water partition coefficient (Wildman–Crippen LogP) is 5.60. The molecule has 0 aliphatic heterocycles. The van der Waals surface area contributed by atoms with E-state index in [2.05, 4.69) is 6.07 Å². The molecule has 6 nitrogen and oxygen atoms in total. The average molecular weight is 481 g/mol. The molecule has 0 radical (unpaired) electrons. The van der Waals surface area contributed by atoms with Gasteiger partial charge in [-0.1, -0.05) is 41.3 Å². The second-order valence-corrected chi connectivity index (χ2v) is 9.59. The molecule has 2 aromatic heterocycles. The van der Waals surface area contributed by atoms with Crippen LogP contribution in [0.25, 0.3) is 21.7 Å². The zero-order valence-electron chi connectivity index (χ0n) is 17.8. The summed E-state index contributed by atoms with van der Waals surface area (Å²) >= 11 is 8.15. The molecule has 0 aliphatic carbocycles. The lowest BCUT2D eigenvalue weighted by molar-refractivity contribution is 0.340. The fourth-order valence-corrected chi connectivity index (χ4v) is 5.51. The number of hydrogen-bond donors (Lipinski definition) is 0. The van der Waals surface area contributed by atoms with Gasteiger partial charge in [-0.05, 0) is 68.4 Å². The Hall–Kier alpha value is -2.93. The summed E-state index contributed by atoms with van der Waals surface area (Å²) in [4.78, 5) is 18.5. The summed E-state index contributed by atoms with van der Waals surface area (Å²) in [7, 11) is 0. The first-order valence-corrected chi connectivity index (χ1v) is 12.2. The third-order valence-electron chi connectivity index (χ3n) is 4.91. The molecule has 0 bridgehead atoms. The summed E-state index contributed by atoms with van der Waals surface area (Å²) in [5.41, 5.74) is 4.00. The normalized spacial score (nSPS) is 10.9. The number of aromatic nitrogens is 3. The van der Waals surface area contributed by atoms with Crippen LogP contribution in [-0.2, 0) is 0 Å². The van der Waals surface area contributed by atoms with Crippen LogP contribution in [0.2, 0.25) is 0 Å². The second kappa shape index (κ2) is 9.28. The van der Waals surface area contributed by atoms with Gasteiger partial charge in [0, 0.05) is 0 Å². The third kappa shape index (κ3) is 3.97. The topological polar surface area (TPSA) is 72.8 Å². The summed E-state index contributed by atoms with van der Waals surface area (Å²) in [6.45, 7) is 6.51. The number of nitriles is 1. The monoisotopic (exact) mass is 480 g/mol. The molecular formula is C23H20N4O2S3. The molecular weight excluding hydrogens is 460 g/mol. The van der Waals surface area contributed by atoms with Gasteiger partial charge in [-0.15, -0.1) is 0 Å². The van der Waals surface area contributed by atoms with Crippen LogP contribution in [0.5, 0.6) is 5.75 Å². The molecule has 4 aromatic rings. The number of nitrogens with zero attached hydrogens (tertiary/aromatic N) is 4. The first kappa shape index (κ1) is 22.3. The molecule has 0 saturated carbocycles. The lowest BCUT2D eigenvalue weighted by atomic mass is 10.1. The summed E-state index contributed by atoms with van der Waals surface area (Å²) in [5.74, 6) is 0.893. The quantitative estimate of drug-likeness (QED) is 0.203. The molecule has 2 heterocycles. The zero-order valence-corrected chi connectivity index (χ0v) is 20.2. The van der Waals surface area contributed by atoms with Crippen molar-refractivity contribution in [2.75, 3.05) is 12.4 Å². The number of thioether (sulfide) groups is 1. The van der Waals surface area contributed by atoms with E-state index in [1.807, 2.05) is 67.8 Å². The Labute approximate surface area is 198 Å². The van der Waals surface area contributed by atoms with Gasteiger partial charge in [0.15, 0.2) is 14.8 Å². The summed E-state index contributed by atoms with van der Waals surface area (Å²) < 4.78 is 9.97. The van der Waals surface area contributed by atoms with Crippen LogP contribution >= 0.6 is 35.3 Å². The van der Waals surface area contributed by atoms with Crippen molar-refractivity contribution in [2.45, 2.75) is 25.9 Å². The van der Waals surface area contributed by atoms with Crippen LogP contribution in [0.4, 0.5) is 0 Å². The highest BCUT2D eigenvalue weighted by Gasteiger charge is 2.20. The number of hydrogen-bond acceptors (Lipinski definition) is 7. The molecule has 9 heteroatoms. The molecule has 0 N–H and O–H groups in total. The van der Waals surface area contributed by atoms with Crippen LogP contribution in [-0.4, -0.2) is 26.5 Å². The highest BCUT2D eigenvalue weighted by molar-refractivity contribution is 7.99. The van der Waals surface area contributed by atoms with E-state index in [1.165, 1.54) is 23.1 Å². The van der Waals surface area contributed by atoms with E-state index in [0.29, 0.717) is 31.8 Å². The van der Waals surface area contributed by atoms with Crippen molar-refractivity contribution in [1.82, 2.24) is 14.1 Å². The number of thiazole rings is 1. The first-order chi connectivity index (χ1) is 15.5. The molecule has 0 atom stereocenters. The fourth-order valence-electron chi connectivity index (χ4n) is 3.57. The molecule has 0 fully saturated rings. The maximum atomic E-state index is 13.6. The summed E-state index contributed by atoms with van der Waals surface area (Å²) in [6.07, 6.45) is 0. The van der Waals surface area contributed by atoms with Crippen LogP contribution < -0.4 is 10.3 Å². The van der Waals surface area contributed by atoms with Gasteiger partial charge < -0.3 is 4.74 Å². The van der Waals surface area contributed by atoms with Gasteiger partial charge in [0.25, 0.3) is 5.56 Å². The van der Waals surface area contributed by atoms with Crippen LogP contribution in [0.1, 0.15) is 18.1 Å². The lowest BCUT2D eigenvalue weighted by Crippen LogP contribution is -2.21. The molecule has 2 aromatic carbocycles. The second-order valence-electron chi connectivity index (χ2n) is 7.01. The third-order valence-corrected chi connectivity index (χ3v) is 7.07. The first-order valence-electron chi connectivity index (χ1n) is 9.94. The van der Waals surface area contributed by atoms with Gasteiger partial charge >= 0.3 is 0 Å². The van der Waals surface area contributed by atoms with Crippen LogP contribution in [0.3, 0.4) is 0 Å². The Kier molecular flexibility index (Phi) is 6.46. The highest BCUT2D eigenvalue weighted by atomic mass is 32.2. The van der Waals surface area contributed by atoms with E-state index in [4.69, 9.17) is 27.2 Å². The Morgan fingerprint density at radius 3 is 2.47 bits per heavy atom. The molecule has 0 amide bonds. The average Bonchev–Trinajstić information content (AvgIpc) is 3.09. The molecule has 0 saturated heterocycles. The number of rotatable bonds is 6. The van der Waals surface area contributed by atoms with Crippen molar-refractivity contribution < 1.29 is 4.74 Å². The van der Waals surface area contributed by atoms with Gasteiger partial charge in [0.05, 0.1) is 29.8 Å². The Morgan fingerprint density at radius 2 is 1.84 bits per heavy atom. The molecule has 4 rings (SSSR count). The summed E-state index contributed by atoms with van der Waals surface area (Å²) in [5, 5.41) is 9.60. The SMILES string of the molecule is CCOc1ccc(-n2c(SCC#N)nc3c(sc(=S)n3-c3c(C)cccc3C)c2=O)cc1. The van der Waals surface area contributed by atoms with Crippen molar-refractivity contribution in [3.8, 4) is 23.2 Å². The number of ether oxygens (including phenoxy) is 1. The number of para-hydroxylation sites is 1. The van der Waals surface area contributed by atoms with Gasteiger partial charge in [-0.25, -0.2) is 4.98 Å². The van der Waals surface area contributed by atoms with Crippen molar-refractivity contribution in [2.24, 2.45) is 0 Å². The zero-order chi connectivity index (χ0) is 22.8. The minimum absolute atomic E-state index is 0.170. The minimum atomic E-state index is -0.208. The summed E-state index contributed by atoms with van der Waals surface area (Å²) in [6, 6.07) is 15.4. The number of fused-ring (bicyclic) bond motifs is 1. The van der Waals surface area contributed by atoms with E-state index >= 15 is 0 Å². The van der Waals surface area contributed by atoms with Gasteiger partial charge in [0.2, 0.25) is 0 Å². The molecule has 0 aliphatic rings.